The van der Waals surface area contributed by atoms with Crippen LogP contribution in [0.15, 0.2) is 77.7 Å². The summed E-state index contributed by atoms with van der Waals surface area (Å²) in [5, 5.41) is 0. The molecule has 0 amide bonds. The number of methoxy groups -OCH3 is 1. The van der Waals surface area contributed by atoms with Gasteiger partial charge in [0.2, 0.25) is 0 Å². The van der Waals surface area contributed by atoms with E-state index in [9.17, 15) is 30.8 Å². The summed E-state index contributed by atoms with van der Waals surface area (Å²) in [6.45, 7) is 0.876. The third-order valence-electron chi connectivity index (χ3n) is 6.83. The zero-order valence-corrected chi connectivity index (χ0v) is 22.0. The van der Waals surface area contributed by atoms with Gasteiger partial charge < -0.3 is 9.64 Å². The van der Waals surface area contributed by atoms with Crippen molar-refractivity contribution < 1.29 is 35.5 Å². The van der Waals surface area contributed by atoms with Crippen molar-refractivity contribution in [3.8, 4) is 5.75 Å². The van der Waals surface area contributed by atoms with Crippen LogP contribution in [0.1, 0.15) is 28.8 Å². The molecular weight excluding hydrogens is 536 g/mol. The molecule has 3 aromatic rings. The Morgan fingerprint density at radius 2 is 1.59 bits per heavy atom. The number of halogens is 4. The van der Waals surface area contributed by atoms with Gasteiger partial charge in [0.1, 0.15) is 11.6 Å². The highest BCUT2D eigenvalue weighted by Crippen LogP contribution is 2.38. The van der Waals surface area contributed by atoms with E-state index in [1.807, 2.05) is 4.90 Å². The number of nitrogens with zero attached hydrogens (tertiary/aromatic N) is 2. The van der Waals surface area contributed by atoms with E-state index >= 15 is 0 Å². The zero-order chi connectivity index (χ0) is 28.2. The van der Waals surface area contributed by atoms with Gasteiger partial charge in [0.25, 0.3) is 10.0 Å². The lowest BCUT2D eigenvalue weighted by molar-refractivity contribution is -0.137. The Kier molecular flexibility index (Phi) is 8.60. The Morgan fingerprint density at radius 3 is 2.18 bits per heavy atom. The molecule has 0 N–H and O–H groups in total. The number of alkyl halides is 3. The van der Waals surface area contributed by atoms with Crippen LogP contribution in [0.4, 0.5) is 23.2 Å². The summed E-state index contributed by atoms with van der Waals surface area (Å²) >= 11 is 0. The smallest absolute Gasteiger partial charge is 0.418 e. The van der Waals surface area contributed by atoms with E-state index in [2.05, 4.69) is 0 Å². The van der Waals surface area contributed by atoms with Crippen LogP contribution in [0.3, 0.4) is 0 Å². The van der Waals surface area contributed by atoms with Crippen LogP contribution in [0, 0.1) is 11.7 Å². The van der Waals surface area contributed by atoms with Crippen molar-refractivity contribution in [2.24, 2.45) is 5.92 Å². The van der Waals surface area contributed by atoms with E-state index < -0.39 is 33.3 Å². The molecule has 0 aliphatic carbocycles. The predicted molar refractivity (Wildman–Crippen MR) is 139 cm³/mol. The molecular formula is C28H28F4N2O4S. The van der Waals surface area contributed by atoms with Gasteiger partial charge in [0.15, 0.2) is 5.78 Å². The number of rotatable bonds is 9. The summed E-state index contributed by atoms with van der Waals surface area (Å²) in [5.41, 5.74) is -1.08. The summed E-state index contributed by atoms with van der Waals surface area (Å²) in [6.07, 6.45) is -3.76. The molecule has 0 aromatic heterocycles. The first kappa shape index (κ1) is 28.6. The van der Waals surface area contributed by atoms with Crippen LogP contribution in [0.25, 0.3) is 0 Å². The van der Waals surface area contributed by atoms with Crippen molar-refractivity contribution in [2.45, 2.75) is 23.9 Å². The average molecular weight is 565 g/mol. The maximum Gasteiger partial charge on any atom is 0.418 e. The quantitative estimate of drug-likeness (QED) is 0.249. The molecule has 1 saturated heterocycles. The largest absolute Gasteiger partial charge is 0.497 e. The lowest BCUT2D eigenvalue weighted by Crippen LogP contribution is -2.43. The second kappa shape index (κ2) is 11.7. The monoisotopic (exact) mass is 564 g/mol. The Labute approximate surface area is 224 Å². The molecule has 0 spiro atoms. The molecule has 39 heavy (non-hydrogen) atoms. The number of anilines is 1. The van der Waals surface area contributed by atoms with Crippen LogP contribution in [-0.4, -0.2) is 52.4 Å². The fraction of sp³-hybridized carbons (Fsp3) is 0.321. The van der Waals surface area contributed by atoms with Crippen LogP contribution >= 0.6 is 0 Å². The molecule has 1 aliphatic heterocycles. The van der Waals surface area contributed by atoms with Gasteiger partial charge in [-0.2, -0.15) is 13.2 Å². The first-order chi connectivity index (χ1) is 18.5. The molecule has 0 radical (unpaired) electrons. The standard InChI is InChI=1S/C28H28F4N2O4S/c1-38-23-10-12-24(13-11-23)39(36,37)34(26-5-3-2-4-25(26)28(30,31)32)19-18-33-16-14-21(15-17-33)27(35)20-6-8-22(29)9-7-20/h2-13,21H,14-19H2,1H3. The SMILES string of the molecule is COc1ccc(S(=O)(=O)N(CCN2CCC(C(=O)c3ccc(F)cc3)CC2)c2ccccc2C(F)(F)F)cc1. The van der Waals surface area contributed by atoms with Crippen molar-refractivity contribution >= 4 is 21.5 Å². The second-order valence-electron chi connectivity index (χ2n) is 9.25. The lowest BCUT2D eigenvalue weighted by Gasteiger charge is -2.34. The highest BCUT2D eigenvalue weighted by atomic mass is 32.2. The van der Waals surface area contributed by atoms with Crippen molar-refractivity contribution in [3.05, 3.63) is 89.7 Å². The number of sulfonamides is 1. The van der Waals surface area contributed by atoms with Crippen LogP contribution in [0.2, 0.25) is 0 Å². The highest BCUT2D eigenvalue weighted by molar-refractivity contribution is 7.92. The molecule has 0 atom stereocenters. The number of ether oxygens (including phenoxy) is 1. The van der Waals surface area contributed by atoms with Crippen molar-refractivity contribution in [2.75, 3.05) is 37.6 Å². The molecule has 6 nitrogen and oxygen atoms in total. The van der Waals surface area contributed by atoms with Gasteiger partial charge in [0.05, 0.1) is 23.3 Å². The maximum atomic E-state index is 13.9. The normalized spacial score (nSPS) is 15.2. The molecule has 1 aliphatic rings. The molecule has 11 heteroatoms. The van der Waals surface area contributed by atoms with Gasteiger partial charge >= 0.3 is 6.18 Å². The molecule has 0 saturated carbocycles. The lowest BCUT2D eigenvalue weighted by atomic mass is 9.89. The minimum Gasteiger partial charge on any atom is -0.497 e. The Bertz CT molecular complexity index is 1390. The number of hydrogen-bond acceptors (Lipinski definition) is 5. The van der Waals surface area contributed by atoms with Crippen molar-refractivity contribution in [1.82, 2.24) is 4.90 Å². The third-order valence-corrected chi connectivity index (χ3v) is 8.66. The molecule has 0 unspecified atom stereocenters. The van der Waals surface area contributed by atoms with Gasteiger partial charge in [-0.3, -0.25) is 9.10 Å². The zero-order valence-electron chi connectivity index (χ0n) is 21.2. The predicted octanol–water partition coefficient (Wildman–Crippen LogP) is 5.64. The number of carbonyl (C=O) groups excluding carboxylic acids is 1. The molecule has 1 fully saturated rings. The summed E-state index contributed by atoms with van der Waals surface area (Å²) in [5.74, 6) is -0.369. The number of ketones is 1. The van der Waals surface area contributed by atoms with Gasteiger partial charge in [-0.15, -0.1) is 0 Å². The number of hydrogen-bond donors (Lipinski definition) is 0. The number of likely N-dealkylation sites (tertiary alicyclic amines) is 1. The first-order valence-corrected chi connectivity index (χ1v) is 13.8. The van der Waals surface area contributed by atoms with Gasteiger partial charge in [-0.05, 0) is 86.6 Å². The van der Waals surface area contributed by atoms with Crippen LogP contribution < -0.4 is 9.04 Å². The Morgan fingerprint density at radius 1 is 0.974 bits per heavy atom. The molecule has 3 aromatic carbocycles. The van der Waals surface area contributed by atoms with Gasteiger partial charge in [-0.25, -0.2) is 12.8 Å². The van der Waals surface area contributed by atoms with Crippen LogP contribution in [-0.2, 0) is 16.2 Å². The topological polar surface area (TPSA) is 66.9 Å². The van der Waals surface area contributed by atoms with E-state index in [0.717, 1.165) is 16.4 Å². The first-order valence-electron chi connectivity index (χ1n) is 12.4. The van der Waals surface area contributed by atoms with E-state index in [1.54, 1.807) is 0 Å². The average Bonchev–Trinajstić information content (AvgIpc) is 2.93. The second-order valence-corrected chi connectivity index (χ2v) is 11.1. The summed E-state index contributed by atoms with van der Waals surface area (Å²) < 4.78 is 88.0. The maximum absolute atomic E-state index is 13.9. The van der Waals surface area contributed by atoms with E-state index in [1.165, 1.54) is 67.8 Å². The summed E-state index contributed by atoms with van der Waals surface area (Å²) in [4.78, 5) is 14.6. The Hall–Kier alpha value is -3.44. The van der Waals surface area contributed by atoms with E-state index in [4.69, 9.17) is 4.74 Å². The number of benzene rings is 3. The molecule has 1 heterocycles. The van der Waals surface area contributed by atoms with Crippen molar-refractivity contribution in [1.29, 1.82) is 0 Å². The molecule has 4 rings (SSSR count). The molecule has 0 bridgehead atoms. The minimum absolute atomic E-state index is 0.0857. The number of Topliss-reactive ketones (excluding diaryl/α,β-unsaturated/α-hetero) is 1. The van der Waals surface area contributed by atoms with E-state index in [0.29, 0.717) is 37.2 Å². The fourth-order valence-corrected chi connectivity index (χ4v) is 6.15. The fourth-order valence-electron chi connectivity index (χ4n) is 4.68. The minimum atomic E-state index is -4.76. The van der Waals surface area contributed by atoms with Gasteiger partial charge in [0, 0.05) is 24.6 Å². The Balaban J connectivity index is 1.53. The summed E-state index contributed by atoms with van der Waals surface area (Å²) in [7, 11) is -2.94. The molecule has 208 valence electrons. The van der Waals surface area contributed by atoms with Crippen LogP contribution in [0.5, 0.6) is 5.75 Å². The summed E-state index contributed by atoms with van der Waals surface area (Å²) in [6, 6.07) is 15.4. The van der Waals surface area contributed by atoms with Crippen molar-refractivity contribution in [3.63, 3.8) is 0 Å². The number of piperidine rings is 1. The van der Waals surface area contributed by atoms with Gasteiger partial charge in [-0.1, -0.05) is 12.1 Å². The van der Waals surface area contributed by atoms with E-state index in [-0.39, 0.29) is 29.7 Å². The highest BCUT2D eigenvalue weighted by Gasteiger charge is 2.38. The third kappa shape index (κ3) is 6.59. The number of carbonyl (C=O) groups is 1. The number of para-hydroxylation sites is 1.